The molecule has 0 aromatic rings. The Morgan fingerprint density at radius 3 is 1.27 bits per heavy atom. The quantitative estimate of drug-likeness (QED) is 0.0272. The monoisotopic (exact) mass is 997 g/mol. The van der Waals surface area contributed by atoms with Crippen LogP contribution < -0.4 is 10.2 Å². The highest BCUT2D eigenvalue weighted by Crippen LogP contribution is 2.38. The maximum absolute atomic E-state index is 13.0. The number of hydrogen-bond donors (Lipinski definition) is 2. The number of phosphoric acid groups is 1. The van der Waals surface area contributed by atoms with E-state index in [0.717, 1.165) is 103 Å². The SMILES string of the molecule is CC/C=C\C/C=C\C/C=C\C/C=C\C/C=C\C/C=C\C/C=C\CCCCCCCC(=O)NC(COP(=O)([O-])OCC[N+](C)(C)C)C(O)/C=C/CCCCCCCCCCCCCCCCCCCCC. The normalized spacial score (nSPS) is 14.7. The Hall–Kier alpha value is -2.58. The lowest BCUT2D eigenvalue weighted by Gasteiger charge is -2.29. The largest absolute Gasteiger partial charge is 0.756 e. The number of nitrogens with one attached hydrogen (secondary N) is 1. The maximum atomic E-state index is 13.0. The maximum Gasteiger partial charge on any atom is 0.268 e. The van der Waals surface area contributed by atoms with Gasteiger partial charge in [-0.25, -0.2) is 0 Å². The number of aliphatic hydroxyl groups excluding tert-OH is 1. The van der Waals surface area contributed by atoms with Crippen LogP contribution in [0.25, 0.3) is 0 Å². The van der Waals surface area contributed by atoms with Gasteiger partial charge >= 0.3 is 0 Å². The zero-order valence-electron chi connectivity index (χ0n) is 45.9. The summed E-state index contributed by atoms with van der Waals surface area (Å²) in [5.41, 5.74) is 0. The molecule has 0 rings (SSSR count). The average molecular weight is 998 g/mol. The van der Waals surface area contributed by atoms with Gasteiger partial charge in [0.25, 0.3) is 7.82 Å². The first kappa shape index (κ1) is 67.4. The highest BCUT2D eigenvalue weighted by molar-refractivity contribution is 7.45. The van der Waals surface area contributed by atoms with E-state index in [0.29, 0.717) is 17.4 Å². The molecule has 0 radical (unpaired) electrons. The molecule has 0 aromatic carbocycles. The lowest BCUT2D eigenvalue weighted by Crippen LogP contribution is -2.45. The fourth-order valence-electron chi connectivity index (χ4n) is 7.84. The Morgan fingerprint density at radius 2 is 0.871 bits per heavy atom. The van der Waals surface area contributed by atoms with Gasteiger partial charge in [-0.05, 0) is 77.0 Å². The van der Waals surface area contributed by atoms with E-state index in [9.17, 15) is 19.4 Å². The van der Waals surface area contributed by atoms with Crippen LogP contribution in [0, 0.1) is 0 Å². The fourth-order valence-corrected chi connectivity index (χ4v) is 8.56. The molecule has 1 amide bonds. The number of likely N-dealkylation sites (N-methyl/N-ethyl adjacent to an activating group) is 1. The first-order valence-corrected chi connectivity index (χ1v) is 30.1. The van der Waals surface area contributed by atoms with Crippen LogP contribution in [0.2, 0.25) is 0 Å². The van der Waals surface area contributed by atoms with E-state index >= 15 is 0 Å². The number of hydrogen-bond acceptors (Lipinski definition) is 6. The second-order valence-corrected chi connectivity index (χ2v) is 21.7. The summed E-state index contributed by atoms with van der Waals surface area (Å²) in [5.74, 6) is -0.219. The number of aliphatic hydroxyl groups is 1. The minimum absolute atomic E-state index is 0.0101. The van der Waals surface area contributed by atoms with E-state index in [1.165, 1.54) is 109 Å². The Balaban J connectivity index is 4.32. The second kappa shape index (κ2) is 51.3. The lowest BCUT2D eigenvalue weighted by atomic mass is 10.0. The van der Waals surface area contributed by atoms with Crippen molar-refractivity contribution >= 4 is 13.7 Å². The van der Waals surface area contributed by atoms with Gasteiger partial charge in [0.15, 0.2) is 0 Å². The number of unbranched alkanes of at least 4 members (excludes halogenated alkanes) is 24. The molecule has 0 aliphatic rings. The molecular weight excluding hydrogens is 888 g/mol. The van der Waals surface area contributed by atoms with Crippen molar-refractivity contribution in [3.63, 3.8) is 0 Å². The molecule has 8 nitrogen and oxygen atoms in total. The van der Waals surface area contributed by atoms with Gasteiger partial charge in [0.1, 0.15) is 13.2 Å². The zero-order valence-corrected chi connectivity index (χ0v) is 46.8. The van der Waals surface area contributed by atoms with Gasteiger partial charge in [0, 0.05) is 6.42 Å². The first-order chi connectivity index (χ1) is 34.0. The molecule has 404 valence electrons. The van der Waals surface area contributed by atoms with E-state index in [1.807, 2.05) is 27.2 Å². The van der Waals surface area contributed by atoms with Gasteiger partial charge in [0.2, 0.25) is 5.91 Å². The van der Waals surface area contributed by atoms with Crippen molar-refractivity contribution in [2.75, 3.05) is 40.9 Å². The van der Waals surface area contributed by atoms with Crippen molar-refractivity contribution in [2.45, 2.75) is 244 Å². The van der Waals surface area contributed by atoms with Crippen LogP contribution in [0.3, 0.4) is 0 Å². The van der Waals surface area contributed by atoms with Gasteiger partial charge in [-0.1, -0.05) is 246 Å². The molecule has 0 heterocycles. The topological polar surface area (TPSA) is 108 Å². The van der Waals surface area contributed by atoms with Crippen molar-refractivity contribution < 1.29 is 32.9 Å². The number of carbonyl (C=O) groups excluding carboxylic acids is 1. The molecule has 0 fully saturated rings. The second-order valence-electron chi connectivity index (χ2n) is 20.3. The van der Waals surface area contributed by atoms with Gasteiger partial charge in [0.05, 0.1) is 39.9 Å². The minimum atomic E-state index is -4.61. The summed E-state index contributed by atoms with van der Waals surface area (Å²) in [6.45, 7) is 4.52. The number of quaternary nitrogens is 1. The van der Waals surface area contributed by atoms with Gasteiger partial charge in [-0.15, -0.1) is 0 Å². The molecular formula is C61H109N2O6P. The molecule has 0 aliphatic heterocycles. The Bertz CT molecular complexity index is 1460. The van der Waals surface area contributed by atoms with Crippen LogP contribution in [-0.4, -0.2) is 68.5 Å². The van der Waals surface area contributed by atoms with E-state index in [2.05, 4.69) is 104 Å². The number of nitrogens with zero attached hydrogens (tertiary/aromatic N) is 1. The molecule has 0 saturated heterocycles. The first-order valence-electron chi connectivity index (χ1n) is 28.6. The van der Waals surface area contributed by atoms with Crippen LogP contribution in [0.15, 0.2) is 97.2 Å². The highest BCUT2D eigenvalue weighted by Gasteiger charge is 2.23. The van der Waals surface area contributed by atoms with E-state index < -0.39 is 26.6 Å². The smallest absolute Gasteiger partial charge is 0.268 e. The molecule has 0 aliphatic carbocycles. The van der Waals surface area contributed by atoms with Crippen molar-refractivity contribution in [1.29, 1.82) is 0 Å². The van der Waals surface area contributed by atoms with Crippen molar-refractivity contribution in [2.24, 2.45) is 0 Å². The standard InChI is InChI=1S/C61H109N2O6P/c1-6-8-10-12-14-16-18-20-22-24-26-28-29-30-31-32-33-35-37-39-41-43-45-47-49-51-53-55-61(65)62-59(58-69-70(66,67)68-57-56-63(3,4)5)60(64)54-52-50-48-46-44-42-40-38-36-34-27-25-23-21-19-17-15-13-11-9-7-2/h8,10,14,16,20,22,26,28,30-31,33,35,39,41,52,54,59-60,64H,6-7,9,11-13,15,17-19,21,23-25,27,29,32,34,36-38,40,42-51,53,55-58H2,1-5H3,(H-,62,65,66,67)/b10-8-,16-14-,22-20-,28-26-,31-30-,35-33-,41-39-,54-52+. The predicted octanol–water partition coefficient (Wildman–Crippen LogP) is 16.8. The number of phosphoric ester groups is 1. The van der Waals surface area contributed by atoms with Crippen molar-refractivity contribution in [3.8, 4) is 0 Å². The molecule has 0 bridgehead atoms. The number of carbonyl (C=O) groups is 1. The number of allylic oxidation sites excluding steroid dienone is 15. The molecule has 3 unspecified atom stereocenters. The van der Waals surface area contributed by atoms with Crippen LogP contribution in [0.4, 0.5) is 0 Å². The lowest BCUT2D eigenvalue weighted by molar-refractivity contribution is -0.870. The summed E-state index contributed by atoms with van der Waals surface area (Å²) < 4.78 is 23.3. The third-order valence-electron chi connectivity index (χ3n) is 12.3. The van der Waals surface area contributed by atoms with Crippen molar-refractivity contribution in [3.05, 3.63) is 97.2 Å². The number of rotatable bonds is 51. The molecule has 0 spiro atoms. The molecule has 9 heteroatoms. The summed E-state index contributed by atoms with van der Waals surface area (Å²) in [4.78, 5) is 25.5. The Morgan fingerprint density at radius 1 is 0.514 bits per heavy atom. The summed E-state index contributed by atoms with van der Waals surface area (Å²) in [5, 5.41) is 13.9. The van der Waals surface area contributed by atoms with Gasteiger partial charge in [-0.3, -0.25) is 9.36 Å². The third kappa shape index (κ3) is 53.2. The summed E-state index contributed by atoms with van der Waals surface area (Å²) in [6, 6.07) is -0.905. The third-order valence-corrected chi connectivity index (χ3v) is 13.3. The van der Waals surface area contributed by atoms with E-state index in [4.69, 9.17) is 9.05 Å². The van der Waals surface area contributed by atoms with Crippen LogP contribution >= 0.6 is 7.82 Å². The minimum Gasteiger partial charge on any atom is -0.756 e. The van der Waals surface area contributed by atoms with Gasteiger partial charge in [-0.2, -0.15) is 0 Å². The molecule has 2 N–H and O–H groups in total. The van der Waals surface area contributed by atoms with Crippen LogP contribution in [0.5, 0.6) is 0 Å². The summed E-state index contributed by atoms with van der Waals surface area (Å²) in [7, 11) is 1.24. The van der Waals surface area contributed by atoms with Crippen LogP contribution in [-0.2, 0) is 18.4 Å². The van der Waals surface area contributed by atoms with E-state index in [-0.39, 0.29) is 12.5 Å². The Kier molecular flexibility index (Phi) is 49.4. The predicted molar refractivity (Wildman–Crippen MR) is 302 cm³/mol. The summed E-state index contributed by atoms with van der Waals surface area (Å²) >= 11 is 0. The molecule has 70 heavy (non-hydrogen) atoms. The number of amides is 1. The van der Waals surface area contributed by atoms with E-state index in [1.54, 1.807) is 6.08 Å². The summed E-state index contributed by atoms with van der Waals surface area (Å²) in [6.07, 6.45) is 73.3. The Labute approximate surface area is 432 Å². The highest BCUT2D eigenvalue weighted by atomic mass is 31.2. The van der Waals surface area contributed by atoms with Gasteiger partial charge < -0.3 is 28.8 Å². The van der Waals surface area contributed by atoms with Crippen LogP contribution in [0.1, 0.15) is 232 Å². The molecule has 0 saturated carbocycles. The van der Waals surface area contributed by atoms with Crippen molar-refractivity contribution in [1.82, 2.24) is 5.32 Å². The molecule has 0 aromatic heterocycles. The average Bonchev–Trinajstić information content (AvgIpc) is 3.32. The zero-order chi connectivity index (χ0) is 51.3. The fraction of sp³-hybridized carbons (Fsp3) is 0.721. The molecule has 3 atom stereocenters.